The van der Waals surface area contributed by atoms with Crippen LogP contribution in [0.5, 0.6) is 0 Å². The maximum atomic E-state index is 12.2. The molecule has 2 aromatic rings. The fourth-order valence-electron chi connectivity index (χ4n) is 2.64. The number of carbonyl (C=O) groups is 2. The minimum absolute atomic E-state index is 0.0590. The van der Waals surface area contributed by atoms with Crippen LogP contribution >= 0.6 is 0 Å². The minimum atomic E-state index is -0.348. The lowest BCUT2D eigenvalue weighted by Gasteiger charge is -2.14. The van der Waals surface area contributed by atoms with Crippen molar-refractivity contribution in [2.24, 2.45) is 0 Å². The highest BCUT2D eigenvalue weighted by molar-refractivity contribution is 5.89. The zero-order valence-corrected chi connectivity index (χ0v) is 13.1. The van der Waals surface area contributed by atoms with Gasteiger partial charge in [0.1, 0.15) is 0 Å². The third kappa shape index (κ3) is 3.23. The van der Waals surface area contributed by atoms with Gasteiger partial charge in [0.05, 0.1) is 6.54 Å². The normalized spacial score (nSPS) is 17.6. The average Bonchev–Trinajstić information content (AvgIpc) is 3.15. The van der Waals surface area contributed by atoms with Gasteiger partial charge in [-0.2, -0.15) is 4.98 Å². The molecule has 1 fully saturated rings. The fraction of sp³-hybridized carbons (Fsp3) is 0.375. The molecule has 0 bridgehead atoms. The molecule has 0 saturated carbocycles. The third-order valence-electron chi connectivity index (χ3n) is 3.87. The second-order valence-electron chi connectivity index (χ2n) is 5.80. The Labute approximate surface area is 133 Å². The van der Waals surface area contributed by atoms with Crippen molar-refractivity contribution in [1.29, 1.82) is 0 Å². The van der Waals surface area contributed by atoms with E-state index in [4.69, 9.17) is 4.52 Å². The molecular weight excluding hydrogens is 296 g/mol. The summed E-state index contributed by atoms with van der Waals surface area (Å²) in [5.74, 6) is 0.176. The van der Waals surface area contributed by atoms with Gasteiger partial charge in [0.25, 0.3) is 0 Å². The van der Waals surface area contributed by atoms with Gasteiger partial charge in [-0.1, -0.05) is 35.5 Å². The van der Waals surface area contributed by atoms with Crippen LogP contribution < -0.4 is 0 Å². The van der Waals surface area contributed by atoms with Crippen LogP contribution in [-0.2, 0) is 11.3 Å². The molecule has 0 aliphatic carbocycles. The van der Waals surface area contributed by atoms with Crippen molar-refractivity contribution in [2.45, 2.75) is 18.9 Å². The summed E-state index contributed by atoms with van der Waals surface area (Å²) in [7, 11) is 3.22. The molecule has 23 heavy (non-hydrogen) atoms. The number of rotatable bonds is 4. The minimum Gasteiger partial charge on any atom is -0.341 e. The Morgan fingerprint density at radius 3 is 2.78 bits per heavy atom. The number of likely N-dealkylation sites (tertiary alicyclic amines) is 1. The van der Waals surface area contributed by atoms with Crippen molar-refractivity contribution in [1.82, 2.24) is 19.9 Å². The second kappa shape index (κ2) is 6.20. The Morgan fingerprint density at radius 2 is 2.09 bits per heavy atom. The molecule has 1 aromatic heterocycles. The van der Waals surface area contributed by atoms with E-state index in [1.807, 2.05) is 30.3 Å². The SMILES string of the molecule is CN(C)C(=O)c1nc(CN2C[C@@H](c3ccccc3)CC2=O)no1. The number of aromatic nitrogens is 2. The van der Waals surface area contributed by atoms with E-state index in [2.05, 4.69) is 10.1 Å². The standard InChI is InChI=1S/C16H18N4O3/c1-19(2)16(22)15-17-13(18-23-15)10-20-9-12(8-14(20)21)11-6-4-3-5-7-11/h3-7,12H,8-10H2,1-2H3/t12-/m0/s1. The molecule has 3 rings (SSSR count). The molecule has 1 aliphatic rings. The van der Waals surface area contributed by atoms with Crippen LogP contribution in [-0.4, -0.2) is 52.4 Å². The van der Waals surface area contributed by atoms with Crippen molar-refractivity contribution in [3.8, 4) is 0 Å². The summed E-state index contributed by atoms with van der Waals surface area (Å²) < 4.78 is 4.95. The van der Waals surface area contributed by atoms with Gasteiger partial charge in [0, 0.05) is 33.0 Å². The van der Waals surface area contributed by atoms with Crippen molar-refractivity contribution < 1.29 is 14.1 Å². The lowest BCUT2D eigenvalue weighted by atomic mass is 9.99. The summed E-state index contributed by atoms with van der Waals surface area (Å²) in [6.45, 7) is 0.876. The quantitative estimate of drug-likeness (QED) is 0.849. The fourth-order valence-corrected chi connectivity index (χ4v) is 2.64. The maximum Gasteiger partial charge on any atom is 0.316 e. The van der Waals surface area contributed by atoms with Crippen LogP contribution in [0, 0.1) is 0 Å². The van der Waals surface area contributed by atoms with Crippen molar-refractivity contribution in [3.05, 3.63) is 47.6 Å². The van der Waals surface area contributed by atoms with Crippen molar-refractivity contribution >= 4 is 11.8 Å². The summed E-state index contributed by atoms with van der Waals surface area (Å²) in [6, 6.07) is 9.97. The topological polar surface area (TPSA) is 79.5 Å². The summed E-state index contributed by atoms with van der Waals surface area (Å²) in [6.07, 6.45) is 0.478. The predicted octanol–water partition coefficient (Wildman–Crippen LogP) is 1.29. The molecule has 0 unspecified atom stereocenters. The number of carbonyl (C=O) groups excluding carboxylic acids is 2. The van der Waals surface area contributed by atoms with Gasteiger partial charge in [-0.05, 0) is 5.56 Å². The highest BCUT2D eigenvalue weighted by Crippen LogP contribution is 2.28. The van der Waals surface area contributed by atoms with E-state index >= 15 is 0 Å². The Bertz CT molecular complexity index is 711. The number of hydrogen-bond donors (Lipinski definition) is 0. The van der Waals surface area contributed by atoms with Gasteiger partial charge in [-0.25, -0.2) is 0 Å². The molecular formula is C16H18N4O3. The van der Waals surface area contributed by atoms with Crippen LogP contribution in [0.25, 0.3) is 0 Å². The molecule has 120 valence electrons. The van der Waals surface area contributed by atoms with Crippen molar-refractivity contribution in [3.63, 3.8) is 0 Å². The molecule has 0 spiro atoms. The van der Waals surface area contributed by atoms with E-state index in [-0.39, 0.29) is 30.2 Å². The van der Waals surface area contributed by atoms with Crippen LogP contribution in [0.2, 0.25) is 0 Å². The molecule has 1 saturated heterocycles. The average molecular weight is 314 g/mol. The number of hydrogen-bond acceptors (Lipinski definition) is 5. The number of nitrogens with zero attached hydrogens (tertiary/aromatic N) is 4. The second-order valence-corrected chi connectivity index (χ2v) is 5.80. The van der Waals surface area contributed by atoms with Crippen LogP contribution in [0.4, 0.5) is 0 Å². The maximum absolute atomic E-state index is 12.2. The monoisotopic (exact) mass is 314 g/mol. The first-order chi connectivity index (χ1) is 11.0. The zero-order valence-electron chi connectivity index (χ0n) is 13.1. The van der Waals surface area contributed by atoms with Gasteiger partial charge in [-0.15, -0.1) is 0 Å². The Kier molecular flexibility index (Phi) is 4.10. The first kappa shape index (κ1) is 15.2. The summed E-state index contributed by atoms with van der Waals surface area (Å²) in [5, 5.41) is 3.79. The summed E-state index contributed by atoms with van der Waals surface area (Å²) in [4.78, 5) is 31.1. The van der Waals surface area contributed by atoms with E-state index in [1.165, 1.54) is 4.90 Å². The van der Waals surface area contributed by atoms with Gasteiger partial charge in [0.2, 0.25) is 5.91 Å². The van der Waals surface area contributed by atoms with E-state index in [0.29, 0.717) is 18.8 Å². The van der Waals surface area contributed by atoms with E-state index in [9.17, 15) is 9.59 Å². The van der Waals surface area contributed by atoms with E-state index < -0.39 is 0 Å². The largest absolute Gasteiger partial charge is 0.341 e. The molecule has 1 aliphatic heterocycles. The van der Waals surface area contributed by atoms with E-state index in [1.54, 1.807) is 19.0 Å². The summed E-state index contributed by atoms with van der Waals surface area (Å²) >= 11 is 0. The van der Waals surface area contributed by atoms with Crippen LogP contribution in [0.1, 0.15) is 34.4 Å². The first-order valence-electron chi connectivity index (χ1n) is 7.41. The van der Waals surface area contributed by atoms with Gasteiger partial charge in [0.15, 0.2) is 5.82 Å². The van der Waals surface area contributed by atoms with Gasteiger partial charge >= 0.3 is 11.8 Å². The number of amides is 2. The lowest BCUT2D eigenvalue weighted by molar-refractivity contribution is -0.128. The molecule has 7 heteroatoms. The molecule has 1 aromatic carbocycles. The number of benzene rings is 1. The van der Waals surface area contributed by atoms with Gasteiger partial charge in [-0.3, -0.25) is 9.59 Å². The lowest BCUT2D eigenvalue weighted by Crippen LogP contribution is -2.25. The smallest absolute Gasteiger partial charge is 0.316 e. The van der Waals surface area contributed by atoms with Crippen molar-refractivity contribution in [2.75, 3.05) is 20.6 Å². The third-order valence-corrected chi connectivity index (χ3v) is 3.87. The van der Waals surface area contributed by atoms with Gasteiger partial charge < -0.3 is 14.3 Å². The molecule has 1 atom stereocenters. The molecule has 2 heterocycles. The van der Waals surface area contributed by atoms with E-state index in [0.717, 1.165) is 5.56 Å². The van der Waals surface area contributed by atoms with Crippen LogP contribution in [0.15, 0.2) is 34.9 Å². The molecule has 0 radical (unpaired) electrons. The Hall–Kier alpha value is -2.70. The highest BCUT2D eigenvalue weighted by atomic mass is 16.5. The molecule has 0 N–H and O–H groups in total. The Balaban J connectivity index is 1.67. The molecule has 7 nitrogen and oxygen atoms in total. The van der Waals surface area contributed by atoms with Crippen LogP contribution in [0.3, 0.4) is 0 Å². The first-order valence-corrected chi connectivity index (χ1v) is 7.41. The molecule has 2 amide bonds. The summed E-state index contributed by atoms with van der Waals surface area (Å²) in [5.41, 5.74) is 1.15. The zero-order chi connectivity index (χ0) is 16.4. The predicted molar refractivity (Wildman–Crippen MR) is 81.5 cm³/mol. The Morgan fingerprint density at radius 1 is 1.35 bits per heavy atom. The highest BCUT2D eigenvalue weighted by Gasteiger charge is 2.31.